The SMILES string of the molecule is N#CC(C#N)=NNc1ccc(S(=O)(=O)C(F)(F)F)cc1. The number of hydrogen-bond donors (Lipinski definition) is 1. The van der Waals surface area contributed by atoms with Crippen LogP contribution in [0.2, 0.25) is 0 Å². The number of hydrazone groups is 1. The molecule has 1 N–H and O–H groups in total. The monoisotopic (exact) mass is 302 g/mol. The molecule has 0 aliphatic heterocycles. The maximum Gasteiger partial charge on any atom is 0.501 e. The van der Waals surface area contributed by atoms with Gasteiger partial charge in [-0.1, -0.05) is 0 Å². The topological polar surface area (TPSA) is 106 Å². The van der Waals surface area contributed by atoms with E-state index >= 15 is 0 Å². The minimum atomic E-state index is -5.40. The highest BCUT2D eigenvalue weighted by atomic mass is 32.2. The molecule has 104 valence electrons. The Morgan fingerprint density at radius 2 is 1.65 bits per heavy atom. The Kier molecular flexibility index (Phi) is 4.32. The van der Waals surface area contributed by atoms with Gasteiger partial charge < -0.3 is 0 Å². The van der Waals surface area contributed by atoms with E-state index in [-0.39, 0.29) is 5.69 Å². The van der Waals surface area contributed by atoms with E-state index in [1.54, 1.807) is 0 Å². The van der Waals surface area contributed by atoms with Crippen molar-refractivity contribution >= 4 is 21.2 Å². The van der Waals surface area contributed by atoms with Crippen LogP contribution < -0.4 is 5.43 Å². The first-order valence-corrected chi connectivity index (χ1v) is 6.26. The van der Waals surface area contributed by atoms with Crippen LogP contribution in [-0.2, 0) is 9.84 Å². The minimum Gasteiger partial charge on any atom is -0.277 e. The summed E-state index contributed by atoms with van der Waals surface area (Å²) in [5, 5.41) is 20.1. The van der Waals surface area contributed by atoms with Gasteiger partial charge in [0.2, 0.25) is 5.71 Å². The van der Waals surface area contributed by atoms with Crippen molar-refractivity contribution in [1.29, 1.82) is 10.5 Å². The zero-order valence-electron chi connectivity index (χ0n) is 9.51. The van der Waals surface area contributed by atoms with Crippen LogP contribution in [0.5, 0.6) is 0 Å². The van der Waals surface area contributed by atoms with Gasteiger partial charge in [-0.2, -0.15) is 28.8 Å². The van der Waals surface area contributed by atoms with Gasteiger partial charge in [0.1, 0.15) is 12.1 Å². The van der Waals surface area contributed by atoms with Crippen molar-refractivity contribution in [2.24, 2.45) is 5.10 Å². The van der Waals surface area contributed by atoms with Gasteiger partial charge >= 0.3 is 5.51 Å². The van der Waals surface area contributed by atoms with Crippen molar-refractivity contribution in [3.05, 3.63) is 24.3 Å². The Hall–Kier alpha value is -2.59. The molecule has 0 amide bonds. The van der Waals surface area contributed by atoms with Crippen molar-refractivity contribution in [2.45, 2.75) is 10.4 Å². The maximum atomic E-state index is 12.3. The number of rotatable bonds is 3. The van der Waals surface area contributed by atoms with E-state index < -0.39 is 26.0 Å². The van der Waals surface area contributed by atoms with Crippen LogP contribution in [0.4, 0.5) is 18.9 Å². The van der Waals surface area contributed by atoms with Gasteiger partial charge in [0.05, 0.1) is 10.6 Å². The Labute approximate surface area is 111 Å². The predicted octanol–water partition coefficient (Wildman–Crippen LogP) is 1.80. The average molecular weight is 302 g/mol. The zero-order chi connectivity index (χ0) is 15.4. The van der Waals surface area contributed by atoms with Crippen molar-refractivity contribution in [3.63, 3.8) is 0 Å². The lowest BCUT2D eigenvalue weighted by Gasteiger charge is -2.08. The number of nitrogens with one attached hydrogen (secondary N) is 1. The second-order valence-electron chi connectivity index (χ2n) is 3.27. The molecule has 0 aromatic heterocycles. The van der Waals surface area contributed by atoms with Crippen LogP contribution in [0.3, 0.4) is 0 Å². The molecule has 0 fully saturated rings. The van der Waals surface area contributed by atoms with E-state index in [2.05, 4.69) is 10.5 Å². The summed E-state index contributed by atoms with van der Waals surface area (Å²) in [4.78, 5) is -0.916. The van der Waals surface area contributed by atoms with Gasteiger partial charge in [0.25, 0.3) is 9.84 Å². The number of hydrogen-bond acceptors (Lipinski definition) is 6. The quantitative estimate of drug-likeness (QED) is 0.676. The molecule has 1 aromatic carbocycles. The lowest BCUT2D eigenvalue weighted by molar-refractivity contribution is -0.0436. The summed E-state index contributed by atoms with van der Waals surface area (Å²) in [5.74, 6) is 0. The molecule has 10 heteroatoms. The number of halogens is 3. The molecule has 0 aliphatic rings. The van der Waals surface area contributed by atoms with E-state index in [0.717, 1.165) is 24.3 Å². The van der Waals surface area contributed by atoms with E-state index in [9.17, 15) is 21.6 Å². The summed E-state index contributed by atoms with van der Waals surface area (Å²) in [6.07, 6.45) is 0. The van der Waals surface area contributed by atoms with Crippen LogP contribution in [0.1, 0.15) is 0 Å². The number of nitrogens with zero attached hydrogens (tertiary/aromatic N) is 3. The van der Waals surface area contributed by atoms with Crippen molar-refractivity contribution in [1.82, 2.24) is 0 Å². The predicted molar refractivity (Wildman–Crippen MR) is 62.0 cm³/mol. The summed E-state index contributed by atoms with van der Waals surface area (Å²) in [6.45, 7) is 0. The molecular weight excluding hydrogens is 297 g/mol. The second kappa shape index (κ2) is 5.59. The molecule has 0 atom stereocenters. The Bertz CT molecular complexity index is 693. The molecule has 6 nitrogen and oxygen atoms in total. The lowest BCUT2D eigenvalue weighted by atomic mass is 10.3. The number of sulfone groups is 1. The van der Waals surface area contributed by atoms with Crippen LogP contribution in [0, 0.1) is 22.7 Å². The molecule has 0 radical (unpaired) electrons. The molecule has 1 aromatic rings. The second-order valence-corrected chi connectivity index (χ2v) is 5.21. The van der Waals surface area contributed by atoms with Gasteiger partial charge in [-0.15, -0.1) is 0 Å². The maximum absolute atomic E-state index is 12.3. The van der Waals surface area contributed by atoms with Gasteiger partial charge in [-0.25, -0.2) is 8.42 Å². The molecule has 0 spiro atoms. The first kappa shape index (κ1) is 15.5. The van der Waals surface area contributed by atoms with Crippen LogP contribution in [0.25, 0.3) is 0 Å². The van der Waals surface area contributed by atoms with Crippen molar-refractivity contribution in [3.8, 4) is 12.1 Å². The highest BCUT2D eigenvalue weighted by Crippen LogP contribution is 2.30. The van der Waals surface area contributed by atoms with Crippen LogP contribution >= 0.6 is 0 Å². The van der Waals surface area contributed by atoms with Crippen LogP contribution in [0.15, 0.2) is 34.3 Å². The minimum absolute atomic E-state index is 0.120. The molecular formula is C10H5F3N4O2S. The molecule has 0 saturated heterocycles. The van der Waals surface area contributed by atoms with E-state index in [1.165, 1.54) is 12.1 Å². The zero-order valence-corrected chi connectivity index (χ0v) is 10.3. The van der Waals surface area contributed by atoms with Gasteiger partial charge in [-0.3, -0.25) is 5.43 Å². The molecule has 0 heterocycles. The highest BCUT2D eigenvalue weighted by molar-refractivity contribution is 7.92. The summed E-state index contributed by atoms with van der Waals surface area (Å²) in [7, 11) is -5.40. The summed E-state index contributed by atoms with van der Waals surface area (Å²) in [5.41, 5.74) is -3.52. The van der Waals surface area contributed by atoms with Crippen molar-refractivity contribution < 1.29 is 21.6 Å². The van der Waals surface area contributed by atoms with E-state index in [0.29, 0.717) is 0 Å². The fraction of sp³-hybridized carbons (Fsp3) is 0.100. The third-order valence-corrected chi connectivity index (χ3v) is 3.48. The van der Waals surface area contributed by atoms with Gasteiger partial charge in [-0.05, 0) is 24.3 Å². The molecule has 1 rings (SSSR count). The smallest absolute Gasteiger partial charge is 0.277 e. The Morgan fingerprint density at radius 1 is 1.15 bits per heavy atom. The summed E-state index contributed by atoms with van der Waals surface area (Å²) in [6, 6.07) is 6.43. The third-order valence-electron chi connectivity index (χ3n) is 1.98. The number of anilines is 1. The molecule has 0 unspecified atom stereocenters. The number of nitriles is 2. The van der Waals surface area contributed by atoms with Crippen molar-refractivity contribution in [2.75, 3.05) is 5.43 Å². The largest absolute Gasteiger partial charge is 0.501 e. The molecule has 0 saturated carbocycles. The highest BCUT2D eigenvalue weighted by Gasteiger charge is 2.46. The molecule has 0 bridgehead atoms. The molecule has 20 heavy (non-hydrogen) atoms. The first-order chi connectivity index (χ1) is 9.22. The first-order valence-electron chi connectivity index (χ1n) is 4.77. The average Bonchev–Trinajstić information content (AvgIpc) is 2.39. The summed E-state index contributed by atoms with van der Waals surface area (Å²) >= 11 is 0. The lowest BCUT2D eigenvalue weighted by Crippen LogP contribution is -2.23. The Balaban J connectivity index is 3.01. The number of alkyl halides is 3. The fourth-order valence-corrected chi connectivity index (χ4v) is 1.80. The van der Waals surface area contributed by atoms with Gasteiger partial charge in [0.15, 0.2) is 0 Å². The fourth-order valence-electron chi connectivity index (χ4n) is 1.04. The molecule has 0 aliphatic carbocycles. The Morgan fingerprint density at radius 3 is 2.05 bits per heavy atom. The van der Waals surface area contributed by atoms with E-state index in [1.807, 2.05) is 0 Å². The van der Waals surface area contributed by atoms with Gasteiger partial charge in [0, 0.05) is 0 Å². The van der Waals surface area contributed by atoms with E-state index in [4.69, 9.17) is 10.5 Å². The standard InChI is InChI=1S/C10H5F3N4O2S/c11-10(12,13)20(18,19)9-3-1-7(2-4-9)16-17-8(5-14)6-15/h1-4,16H. The normalized spacial score (nSPS) is 11.1. The third kappa shape index (κ3) is 3.24. The number of benzene rings is 1. The summed E-state index contributed by atoms with van der Waals surface area (Å²) < 4.78 is 58.9. The van der Waals surface area contributed by atoms with Crippen LogP contribution in [-0.4, -0.2) is 19.6 Å².